The van der Waals surface area contributed by atoms with Gasteiger partial charge in [0.05, 0.1) is 6.42 Å². The molecule has 13 heavy (non-hydrogen) atoms. The molecule has 0 N–H and O–H groups in total. The first-order valence-electron chi connectivity index (χ1n) is 4.67. The lowest BCUT2D eigenvalue weighted by Gasteiger charge is -2.25. The van der Waals surface area contributed by atoms with Crippen LogP contribution in [0.1, 0.15) is 40.5 Å². The molecule has 0 aliphatic carbocycles. The third-order valence-corrected chi connectivity index (χ3v) is 2.15. The van der Waals surface area contributed by atoms with Gasteiger partial charge in [0.2, 0.25) is 0 Å². The van der Waals surface area contributed by atoms with Gasteiger partial charge in [-0.05, 0) is 27.2 Å². The molecule has 2 nitrogen and oxygen atoms in total. The van der Waals surface area contributed by atoms with Crippen molar-refractivity contribution in [2.45, 2.75) is 46.1 Å². The van der Waals surface area contributed by atoms with Gasteiger partial charge in [-0.3, -0.25) is 4.79 Å². The van der Waals surface area contributed by atoms with Crippen LogP contribution in [0.25, 0.3) is 0 Å². The molecule has 2 heteroatoms. The van der Waals surface area contributed by atoms with Gasteiger partial charge in [-0.25, -0.2) is 0 Å². The van der Waals surface area contributed by atoms with Crippen molar-refractivity contribution in [3.63, 3.8) is 0 Å². The molecule has 0 radical (unpaired) electrons. The number of Topliss-reactive ketones (excluding diaryl/α,β-unsaturated/α-hetero) is 1. The summed E-state index contributed by atoms with van der Waals surface area (Å²) in [5, 5.41) is 0. The van der Waals surface area contributed by atoms with Gasteiger partial charge >= 0.3 is 0 Å². The van der Waals surface area contributed by atoms with Crippen molar-refractivity contribution in [1.29, 1.82) is 0 Å². The van der Waals surface area contributed by atoms with Crippen molar-refractivity contribution in [2.24, 2.45) is 0 Å². The van der Waals surface area contributed by atoms with Crippen LogP contribution in [0.4, 0.5) is 0 Å². The Morgan fingerprint density at radius 3 is 2.46 bits per heavy atom. The summed E-state index contributed by atoms with van der Waals surface area (Å²) in [6.45, 7) is 7.97. The molecular formula is C11H18O2. The second-order valence-electron chi connectivity index (χ2n) is 3.04. The molecule has 0 aliphatic heterocycles. The lowest BCUT2D eigenvalue weighted by atomic mass is 9.95. The van der Waals surface area contributed by atoms with E-state index < -0.39 is 5.60 Å². The predicted octanol–water partition coefficient (Wildman–Crippen LogP) is 2.17. The average molecular weight is 182 g/mol. The topological polar surface area (TPSA) is 26.3 Å². The normalized spacial score (nSPS) is 14.2. The van der Waals surface area contributed by atoms with Gasteiger partial charge in [0.15, 0.2) is 5.78 Å². The Labute approximate surface area is 80.7 Å². The van der Waals surface area contributed by atoms with Crippen LogP contribution in [0.5, 0.6) is 0 Å². The first-order chi connectivity index (χ1) is 6.10. The second-order valence-corrected chi connectivity index (χ2v) is 3.04. The standard InChI is InChI=1S/C11H18O2/c1-5-8-9-10(12)11(4,6-2)13-7-3/h6-7,9H2,1-4H3. The average Bonchev–Trinajstić information content (AvgIpc) is 2.14. The molecule has 0 amide bonds. The van der Waals surface area contributed by atoms with Crippen molar-refractivity contribution >= 4 is 5.78 Å². The first kappa shape index (κ1) is 12.2. The summed E-state index contributed by atoms with van der Waals surface area (Å²) in [4.78, 5) is 11.6. The highest BCUT2D eigenvalue weighted by Gasteiger charge is 2.30. The van der Waals surface area contributed by atoms with Gasteiger partial charge in [-0.15, -0.1) is 5.92 Å². The molecular weight excluding hydrogens is 164 g/mol. The van der Waals surface area contributed by atoms with Gasteiger partial charge in [-0.2, -0.15) is 0 Å². The number of hydrogen-bond acceptors (Lipinski definition) is 2. The Kier molecular flexibility index (Phi) is 5.41. The molecule has 0 spiro atoms. The van der Waals surface area contributed by atoms with Crippen molar-refractivity contribution in [3.8, 4) is 11.8 Å². The number of ketones is 1. The minimum atomic E-state index is -0.640. The maximum Gasteiger partial charge on any atom is 0.176 e. The van der Waals surface area contributed by atoms with E-state index in [2.05, 4.69) is 11.8 Å². The zero-order valence-electron chi connectivity index (χ0n) is 8.94. The van der Waals surface area contributed by atoms with E-state index in [-0.39, 0.29) is 5.78 Å². The number of hydrogen-bond donors (Lipinski definition) is 0. The Morgan fingerprint density at radius 2 is 2.08 bits per heavy atom. The van der Waals surface area contributed by atoms with Crippen molar-refractivity contribution in [1.82, 2.24) is 0 Å². The van der Waals surface area contributed by atoms with E-state index in [0.717, 1.165) is 0 Å². The van der Waals surface area contributed by atoms with Crippen molar-refractivity contribution in [2.75, 3.05) is 6.61 Å². The van der Waals surface area contributed by atoms with Crippen LogP contribution in [-0.4, -0.2) is 18.0 Å². The van der Waals surface area contributed by atoms with Gasteiger partial charge in [-0.1, -0.05) is 12.8 Å². The zero-order chi connectivity index (χ0) is 10.3. The van der Waals surface area contributed by atoms with Crippen LogP contribution < -0.4 is 0 Å². The summed E-state index contributed by atoms with van der Waals surface area (Å²) >= 11 is 0. The van der Waals surface area contributed by atoms with E-state index in [1.165, 1.54) is 0 Å². The molecule has 0 aromatic carbocycles. The largest absolute Gasteiger partial charge is 0.368 e. The summed E-state index contributed by atoms with van der Waals surface area (Å²) in [6.07, 6.45) is 0.992. The molecule has 1 atom stereocenters. The third kappa shape index (κ3) is 3.61. The summed E-state index contributed by atoms with van der Waals surface area (Å²) in [5.74, 6) is 5.55. The first-order valence-corrected chi connectivity index (χ1v) is 4.67. The Morgan fingerprint density at radius 1 is 1.46 bits per heavy atom. The summed E-state index contributed by atoms with van der Waals surface area (Å²) in [6, 6.07) is 0. The molecule has 0 aliphatic rings. The molecule has 0 heterocycles. The van der Waals surface area contributed by atoms with Gasteiger partial charge < -0.3 is 4.74 Å². The minimum Gasteiger partial charge on any atom is -0.368 e. The minimum absolute atomic E-state index is 0.0752. The molecule has 0 rings (SSSR count). The highest BCUT2D eigenvalue weighted by atomic mass is 16.5. The Bertz CT molecular complexity index is 222. The van der Waals surface area contributed by atoms with Crippen LogP contribution in [0, 0.1) is 11.8 Å². The van der Waals surface area contributed by atoms with Crippen LogP contribution in [-0.2, 0) is 9.53 Å². The maximum atomic E-state index is 11.6. The molecule has 1 unspecified atom stereocenters. The van der Waals surface area contributed by atoms with Crippen molar-refractivity contribution < 1.29 is 9.53 Å². The van der Waals surface area contributed by atoms with Crippen LogP contribution in [0.3, 0.4) is 0 Å². The number of rotatable bonds is 5. The smallest absolute Gasteiger partial charge is 0.176 e. The highest BCUT2D eigenvalue weighted by molar-refractivity contribution is 5.88. The maximum absolute atomic E-state index is 11.6. The molecule has 0 aromatic rings. The van der Waals surface area contributed by atoms with Crippen LogP contribution >= 0.6 is 0 Å². The number of ether oxygens (including phenoxy) is 1. The molecule has 0 fully saturated rings. The Hall–Kier alpha value is -0.810. The van der Waals surface area contributed by atoms with E-state index in [0.29, 0.717) is 19.4 Å². The zero-order valence-corrected chi connectivity index (χ0v) is 8.94. The molecule has 0 bridgehead atoms. The van der Waals surface area contributed by atoms with E-state index in [4.69, 9.17) is 4.74 Å². The highest BCUT2D eigenvalue weighted by Crippen LogP contribution is 2.17. The fourth-order valence-electron chi connectivity index (χ4n) is 1.05. The fourth-order valence-corrected chi connectivity index (χ4v) is 1.05. The lowest BCUT2D eigenvalue weighted by molar-refractivity contribution is -0.141. The molecule has 0 saturated heterocycles. The monoisotopic (exact) mass is 182 g/mol. The van der Waals surface area contributed by atoms with Gasteiger partial charge in [0.25, 0.3) is 0 Å². The summed E-state index contributed by atoms with van der Waals surface area (Å²) < 4.78 is 5.42. The quantitative estimate of drug-likeness (QED) is 0.609. The SMILES string of the molecule is CC#CCC(=O)C(C)(CC)OCC. The van der Waals surface area contributed by atoms with Gasteiger partial charge in [0, 0.05) is 6.61 Å². The molecule has 0 saturated carbocycles. The fraction of sp³-hybridized carbons (Fsp3) is 0.727. The second kappa shape index (κ2) is 5.77. The van der Waals surface area contributed by atoms with Crippen LogP contribution in [0.2, 0.25) is 0 Å². The molecule has 74 valence electrons. The van der Waals surface area contributed by atoms with E-state index in [1.54, 1.807) is 6.92 Å². The number of carbonyl (C=O) groups excluding carboxylic acids is 1. The van der Waals surface area contributed by atoms with E-state index >= 15 is 0 Å². The van der Waals surface area contributed by atoms with E-state index in [9.17, 15) is 4.79 Å². The molecule has 0 aromatic heterocycles. The van der Waals surface area contributed by atoms with Crippen LogP contribution in [0.15, 0.2) is 0 Å². The number of carbonyl (C=O) groups is 1. The third-order valence-electron chi connectivity index (χ3n) is 2.15. The predicted molar refractivity (Wildman–Crippen MR) is 53.4 cm³/mol. The van der Waals surface area contributed by atoms with Crippen molar-refractivity contribution in [3.05, 3.63) is 0 Å². The lowest BCUT2D eigenvalue weighted by Crippen LogP contribution is -2.37. The Balaban J connectivity index is 4.34. The summed E-state index contributed by atoms with van der Waals surface area (Å²) in [5.41, 5.74) is -0.640. The summed E-state index contributed by atoms with van der Waals surface area (Å²) in [7, 11) is 0. The van der Waals surface area contributed by atoms with Gasteiger partial charge in [0.1, 0.15) is 5.60 Å². The van der Waals surface area contributed by atoms with E-state index in [1.807, 2.05) is 20.8 Å².